The molecule has 0 saturated carbocycles. The molecule has 3 N–H and O–H groups in total. The molecule has 9 heteroatoms. The fourth-order valence-electron chi connectivity index (χ4n) is 1.55. The molecule has 1 saturated heterocycles. The Hall–Kier alpha value is -0.130. The zero-order chi connectivity index (χ0) is 13.4. The summed E-state index contributed by atoms with van der Waals surface area (Å²) in [6, 6.07) is 0. The van der Waals surface area contributed by atoms with Gasteiger partial charge in [-0.05, 0) is 6.42 Å². The van der Waals surface area contributed by atoms with Crippen molar-refractivity contribution >= 4 is 40.0 Å². The number of nitrogens with zero attached hydrogens (tertiary/aromatic N) is 2. The van der Waals surface area contributed by atoms with Crippen LogP contribution in [0.2, 0.25) is 0 Å². The first-order valence-corrected chi connectivity index (χ1v) is 7.76. The average Bonchev–Trinajstić information content (AvgIpc) is 2.37. The van der Waals surface area contributed by atoms with Gasteiger partial charge in [-0.15, -0.1) is 24.0 Å². The van der Waals surface area contributed by atoms with Gasteiger partial charge >= 0.3 is 0 Å². The van der Waals surface area contributed by atoms with Crippen molar-refractivity contribution in [1.29, 1.82) is 0 Å². The largest absolute Gasteiger partial charge is 0.379 e. The zero-order valence-electron chi connectivity index (χ0n) is 11.2. The molecule has 1 heterocycles. The first-order chi connectivity index (χ1) is 8.56. The summed E-state index contributed by atoms with van der Waals surface area (Å²) >= 11 is 0. The predicted octanol–water partition coefficient (Wildman–Crippen LogP) is -0.419. The van der Waals surface area contributed by atoms with Crippen molar-refractivity contribution < 1.29 is 13.2 Å². The Kier molecular flexibility index (Phi) is 9.66. The van der Waals surface area contributed by atoms with E-state index in [0.29, 0.717) is 38.8 Å². The van der Waals surface area contributed by atoms with Gasteiger partial charge in [0.25, 0.3) is 0 Å². The summed E-state index contributed by atoms with van der Waals surface area (Å²) in [7, 11) is -3.22. The standard InChI is InChI=1S/C10H22N4O3S.HI/c1-2-3-12-10(11)13-4-9-18(15,16)14-5-7-17-8-6-14;/h2-9H2,1H3,(H3,11,12,13);1H. The number of sulfonamides is 1. The molecule has 0 aromatic heterocycles. The number of morpholine rings is 1. The SMILES string of the molecule is CCCN=C(N)NCCS(=O)(=O)N1CCOCC1.I. The van der Waals surface area contributed by atoms with Gasteiger partial charge in [0.05, 0.1) is 19.0 Å². The van der Waals surface area contributed by atoms with Crippen LogP contribution in [0.5, 0.6) is 0 Å². The smallest absolute Gasteiger partial charge is 0.215 e. The number of nitrogens with two attached hydrogens (primary N) is 1. The van der Waals surface area contributed by atoms with E-state index in [0.717, 1.165) is 6.42 Å². The van der Waals surface area contributed by atoms with Gasteiger partial charge in [0.2, 0.25) is 10.0 Å². The quantitative estimate of drug-likeness (QED) is 0.355. The molecule has 0 spiro atoms. The van der Waals surface area contributed by atoms with E-state index in [2.05, 4.69) is 10.3 Å². The van der Waals surface area contributed by atoms with Crippen LogP contribution in [-0.4, -0.2) is 63.8 Å². The topological polar surface area (TPSA) is 97.0 Å². The van der Waals surface area contributed by atoms with Crippen molar-refractivity contribution in [2.24, 2.45) is 10.7 Å². The van der Waals surface area contributed by atoms with Crippen LogP contribution in [0, 0.1) is 0 Å². The van der Waals surface area contributed by atoms with Gasteiger partial charge < -0.3 is 15.8 Å². The first kappa shape index (κ1) is 18.9. The lowest BCUT2D eigenvalue weighted by Gasteiger charge is -2.26. The molecule has 0 aliphatic carbocycles. The number of hydrogen-bond donors (Lipinski definition) is 2. The monoisotopic (exact) mass is 406 g/mol. The van der Waals surface area contributed by atoms with E-state index < -0.39 is 10.0 Å². The van der Waals surface area contributed by atoms with Crippen molar-refractivity contribution in [3.05, 3.63) is 0 Å². The van der Waals surface area contributed by atoms with E-state index in [1.807, 2.05) is 6.92 Å². The molecule has 0 unspecified atom stereocenters. The Morgan fingerprint density at radius 2 is 2.05 bits per heavy atom. The number of nitrogens with one attached hydrogen (secondary N) is 1. The third-order valence-corrected chi connectivity index (χ3v) is 4.41. The van der Waals surface area contributed by atoms with Crippen LogP contribution in [0.1, 0.15) is 13.3 Å². The lowest BCUT2D eigenvalue weighted by molar-refractivity contribution is 0.0730. The lowest BCUT2D eigenvalue weighted by atomic mass is 10.5. The molecular formula is C10H23IN4O3S. The zero-order valence-corrected chi connectivity index (χ0v) is 14.3. The maximum Gasteiger partial charge on any atom is 0.215 e. The molecule has 1 rings (SSSR count). The fraction of sp³-hybridized carbons (Fsp3) is 0.900. The second-order valence-corrected chi connectivity index (χ2v) is 6.11. The maximum atomic E-state index is 11.9. The highest BCUT2D eigenvalue weighted by atomic mass is 127. The van der Waals surface area contributed by atoms with Crippen LogP contribution in [0.3, 0.4) is 0 Å². The Labute approximate surface area is 132 Å². The van der Waals surface area contributed by atoms with Gasteiger partial charge in [-0.1, -0.05) is 6.92 Å². The van der Waals surface area contributed by atoms with Crippen LogP contribution < -0.4 is 11.1 Å². The van der Waals surface area contributed by atoms with Gasteiger partial charge in [-0.2, -0.15) is 4.31 Å². The Bertz CT molecular complexity index is 369. The van der Waals surface area contributed by atoms with E-state index in [1.54, 1.807) is 0 Å². The van der Waals surface area contributed by atoms with E-state index in [4.69, 9.17) is 10.5 Å². The Morgan fingerprint density at radius 1 is 1.42 bits per heavy atom. The van der Waals surface area contributed by atoms with Crippen molar-refractivity contribution in [3.63, 3.8) is 0 Å². The van der Waals surface area contributed by atoms with Crippen molar-refractivity contribution in [1.82, 2.24) is 9.62 Å². The van der Waals surface area contributed by atoms with Crippen molar-refractivity contribution in [3.8, 4) is 0 Å². The van der Waals surface area contributed by atoms with E-state index in [-0.39, 0.29) is 36.3 Å². The molecule has 0 aromatic rings. The van der Waals surface area contributed by atoms with Crippen molar-refractivity contribution in [2.75, 3.05) is 45.1 Å². The third-order valence-electron chi connectivity index (χ3n) is 2.54. The minimum Gasteiger partial charge on any atom is -0.379 e. The maximum absolute atomic E-state index is 11.9. The van der Waals surface area contributed by atoms with Gasteiger partial charge in [-0.3, -0.25) is 4.99 Å². The van der Waals surface area contributed by atoms with Crippen LogP contribution in [-0.2, 0) is 14.8 Å². The van der Waals surface area contributed by atoms with Crippen LogP contribution >= 0.6 is 24.0 Å². The highest BCUT2D eigenvalue weighted by Crippen LogP contribution is 2.04. The Morgan fingerprint density at radius 3 is 2.63 bits per heavy atom. The minimum absolute atomic E-state index is 0. The summed E-state index contributed by atoms with van der Waals surface area (Å²) in [4.78, 5) is 4.03. The molecule has 1 aliphatic heterocycles. The normalized spacial score (nSPS) is 17.8. The van der Waals surface area contributed by atoms with Gasteiger partial charge in [-0.25, -0.2) is 8.42 Å². The predicted molar refractivity (Wildman–Crippen MR) is 86.4 cm³/mol. The summed E-state index contributed by atoms with van der Waals surface area (Å²) in [5, 5.41) is 2.80. The second-order valence-electron chi connectivity index (χ2n) is 4.02. The molecule has 0 atom stereocenters. The molecule has 0 radical (unpaired) electrons. The number of ether oxygens (including phenoxy) is 1. The second kappa shape index (κ2) is 9.72. The summed E-state index contributed by atoms with van der Waals surface area (Å²) in [5.41, 5.74) is 5.58. The van der Waals surface area contributed by atoms with Gasteiger partial charge in [0.15, 0.2) is 5.96 Å². The average molecular weight is 406 g/mol. The van der Waals surface area contributed by atoms with Crippen molar-refractivity contribution in [2.45, 2.75) is 13.3 Å². The summed E-state index contributed by atoms with van der Waals surface area (Å²) in [6.07, 6.45) is 0.911. The summed E-state index contributed by atoms with van der Waals surface area (Å²) in [5.74, 6) is 0.323. The molecule has 7 nitrogen and oxygen atoms in total. The molecule has 0 bridgehead atoms. The molecule has 0 amide bonds. The first-order valence-electron chi connectivity index (χ1n) is 6.15. The molecule has 0 aromatic carbocycles. The number of hydrogen-bond acceptors (Lipinski definition) is 4. The number of guanidine groups is 1. The lowest BCUT2D eigenvalue weighted by Crippen LogP contribution is -2.44. The number of aliphatic imine (C=N–C) groups is 1. The van der Waals surface area contributed by atoms with Gasteiger partial charge in [0, 0.05) is 26.2 Å². The van der Waals surface area contributed by atoms with E-state index in [9.17, 15) is 8.42 Å². The van der Waals surface area contributed by atoms with E-state index >= 15 is 0 Å². The molecule has 1 fully saturated rings. The highest BCUT2D eigenvalue weighted by molar-refractivity contribution is 14.0. The number of halogens is 1. The molecule has 114 valence electrons. The van der Waals surface area contributed by atoms with Gasteiger partial charge in [0.1, 0.15) is 0 Å². The number of rotatable bonds is 6. The summed E-state index contributed by atoms with van der Waals surface area (Å²) in [6.45, 7) is 4.72. The fourth-order valence-corrected chi connectivity index (χ4v) is 2.87. The third kappa shape index (κ3) is 7.28. The summed E-state index contributed by atoms with van der Waals surface area (Å²) < 4.78 is 30.4. The Balaban J connectivity index is 0.00000324. The van der Waals surface area contributed by atoms with Crippen LogP contribution in [0.25, 0.3) is 0 Å². The molecule has 19 heavy (non-hydrogen) atoms. The molecular weight excluding hydrogens is 383 g/mol. The minimum atomic E-state index is -3.22. The molecule has 1 aliphatic rings. The van der Waals surface area contributed by atoms with Crippen LogP contribution in [0.15, 0.2) is 4.99 Å². The highest BCUT2D eigenvalue weighted by Gasteiger charge is 2.23. The van der Waals surface area contributed by atoms with E-state index in [1.165, 1.54) is 4.31 Å². The van der Waals surface area contributed by atoms with Crippen LogP contribution in [0.4, 0.5) is 0 Å².